The first kappa shape index (κ1) is 27.2. The van der Waals surface area contributed by atoms with Crippen LogP contribution in [-0.4, -0.2) is 4.57 Å². The van der Waals surface area contributed by atoms with Crippen LogP contribution in [0.3, 0.4) is 0 Å². The Hall–Kier alpha value is -0.790. The van der Waals surface area contributed by atoms with Crippen molar-refractivity contribution >= 4 is 0 Å². The van der Waals surface area contributed by atoms with Gasteiger partial charge in [0.15, 0.2) is 0 Å². The van der Waals surface area contributed by atoms with Gasteiger partial charge in [-0.05, 0) is 33.1 Å². The van der Waals surface area contributed by atoms with Crippen LogP contribution in [-0.2, 0) is 13.0 Å². The van der Waals surface area contributed by atoms with Gasteiger partial charge in [0.2, 0.25) is 0 Å². The van der Waals surface area contributed by atoms with E-state index in [4.69, 9.17) is 0 Å². The molecule has 1 aromatic rings. The van der Waals surface area contributed by atoms with E-state index in [0.29, 0.717) is 6.04 Å². The smallest absolute Gasteiger partial charge is 0.234 e. The van der Waals surface area contributed by atoms with Gasteiger partial charge in [-0.2, -0.15) is 0 Å². The fraction of sp³-hybridized carbons (Fsp3) is 0.893. The fourth-order valence-electron chi connectivity index (χ4n) is 4.61. The number of imidazole rings is 1. The zero-order chi connectivity index (χ0) is 21.9. The molecule has 0 N–H and O–H groups in total. The highest BCUT2D eigenvalue weighted by atomic mass is 15.2. The van der Waals surface area contributed by atoms with Crippen LogP contribution in [0.4, 0.5) is 0 Å². The molecule has 0 atom stereocenters. The molecule has 2 heteroatoms. The Morgan fingerprint density at radius 2 is 1.07 bits per heavy atom. The van der Waals surface area contributed by atoms with Crippen molar-refractivity contribution in [3.8, 4) is 0 Å². The van der Waals surface area contributed by atoms with E-state index in [1.54, 1.807) is 5.82 Å². The van der Waals surface area contributed by atoms with E-state index in [1.165, 1.54) is 129 Å². The molecule has 0 unspecified atom stereocenters. The molecule has 176 valence electrons. The maximum atomic E-state index is 2.54. The average Bonchev–Trinajstić information content (AvgIpc) is 3.14. The molecule has 0 saturated carbocycles. The van der Waals surface area contributed by atoms with Crippen LogP contribution in [0, 0.1) is 0 Å². The van der Waals surface area contributed by atoms with Crippen LogP contribution in [0.25, 0.3) is 0 Å². The van der Waals surface area contributed by atoms with Gasteiger partial charge in [0.25, 0.3) is 5.82 Å². The molecule has 1 rings (SSSR count). The summed E-state index contributed by atoms with van der Waals surface area (Å²) < 4.78 is 5.04. The summed E-state index contributed by atoms with van der Waals surface area (Å²) in [6, 6.07) is 0.573. The van der Waals surface area contributed by atoms with Crippen LogP contribution < -0.4 is 4.57 Å². The highest BCUT2D eigenvalue weighted by Crippen LogP contribution is 2.15. The lowest BCUT2D eigenvalue weighted by atomic mass is 10.0. The predicted molar refractivity (Wildman–Crippen MR) is 133 cm³/mol. The second kappa shape index (κ2) is 18.9. The van der Waals surface area contributed by atoms with Gasteiger partial charge in [0, 0.05) is 6.42 Å². The molecule has 30 heavy (non-hydrogen) atoms. The van der Waals surface area contributed by atoms with Gasteiger partial charge in [-0.25, -0.2) is 9.13 Å². The molecule has 0 saturated heterocycles. The molecule has 0 aromatic carbocycles. The average molecular weight is 420 g/mol. The highest BCUT2D eigenvalue weighted by molar-refractivity contribution is 4.86. The highest BCUT2D eigenvalue weighted by Gasteiger charge is 2.18. The van der Waals surface area contributed by atoms with E-state index < -0.39 is 0 Å². The van der Waals surface area contributed by atoms with Crippen molar-refractivity contribution in [1.82, 2.24) is 4.57 Å². The summed E-state index contributed by atoms with van der Waals surface area (Å²) in [7, 11) is 0. The molecule has 0 bridgehead atoms. The summed E-state index contributed by atoms with van der Waals surface area (Å²) in [5, 5.41) is 0. The zero-order valence-corrected chi connectivity index (χ0v) is 21.3. The fourth-order valence-corrected chi connectivity index (χ4v) is 4.61. The standard InChI is InChI=1S/C28H55N2/c1-5-7-9-11-12-13-14-15-16-17-18-19-20-21-23-28-29(24-22-10-8-6-2)25-26-30(28)27(3)4/h25-27H,5-24H2,1-4H3/q+1. The Bertz CT molecular complexity index is 489. The Morgan fingerprint density at radius 3 is 1.53 bits per heavy atom. The number of aryl methyl sites for hydroxylation is 1. The molecular weight excluding hydrogens is 364 g/mol. The van der Waals surface area contributed by atoms with Crippen LogP contribution >= 0.6 is 0 Å². The lowest BCUT2D eigenvalue weighted by Crippen LogP contribution is -2.37. The van der Waals surface area contributed by atoms with Gasteiger partial charge in [0.05, 0.1) is 12.6 Å². The first-order chi connectivity index (χ1) is 14.7. The van der Waals surface area contributed by atoms with Crippen LogP contribution in [0.5, 0.6) is 0 Å². The van der Waals surface area contributed by atoms with E-state index in [2.05, 4.69) is 49.2 Å². The molecule has 0 spiro atoms. The lowest BCUT2D eigenvalue weighted by Gasteiger charge is -2.08. The van der Waals surface area contributed by atoms with Crippen molar-refractivity contribution in [2.45, 2.75) is 162 Å². The van der Waals surface area contributed by atoms with E-state index in [9.17, 15) is 0 Å². The number of unbranched alkanes of at least 4 members (excludes halogenated alkanes) is 16. The van der Waals surface area contributed by atoms with Crippen LogP contribution in [0.1, 0.15) is 155 Å². The second-order valence-corrected chi connectivity index (χ2v) is 9.82. The minimum absolute atomic E-state index is 0.573. The number of hydrogen-bond acceptors (Lipinski definition) is 0. The third-order valence-electron chi connectivity index (χ3n) is 6.60. The minimum atomic E-state index is 0.573. The van der Waals surface area contributed by atoms with Crippen molar-refractivity contribution in [2.24, 2.45) is 0 Å². The molecule has 0 aliphatic heterocycles. The molecular formula is C28H55N2+. The molecule has 1 aromatic heterocycles. The third kappa shape index (κ3) is 12.8. The van der Waals surface area contributed by atoms with Gasteiger partial charge >= 0.3 is 0 Å². The Morgan fingerprint density at radius 1 is 0.633 bits per heavy atom. The van der Waals surface area contributed by atoms with Crippen LogP contribution in [0.2, 0.25) is 0 Å². The first-order valence-corrected chi connectivity index (χ1v) is 13.8. The topological polar surface area (TPSA) is 8.81 Å². The molecule has 2 nitrogen and oxygen atoms in total. The molecule has 0 aliphatic carbocycles. The summed E-state index contributed by atoms with van der Waals surface area (Å²) >= 11 is 0. The summed E-state index contributed by atoms with van der Waals surface area (Å²) in [5.74, 6) is 1.56. The van der Waals surface area contributed by atoms with Crippen molar-refractivity contribution in [1.29, 1.82) is 0 Å². The van der Waals surface area contributed by atoms with E-state index in [0.717, 1.165) is 0 Å². The van der Waals surface area contributed by atoms with Crippen molar-refractivity contribution < 1.29 is 4.57 Å². The summed E-state index contributed by atoms with van der Waals surface area (Å²) in [5.41, 5.74) is 0. The number of nitrogens with zero attached hydrogens (tertiary/aromatic N) is 2. The van der Waals surface area contributed by atoms with E-state index in [-0.39, 0.29) is 0 Å². The molecule has 1 heterocycles. The molecule has 0 aliphatic rings. The molecule has 0 fully saturated rings. The number of hydrogen-bond donors (Lipinski definition) is 0. The quantitative estimate of drug-likeness (QED) is 0.139. The summed E-state index contributed by atoms with van der Waals surface area (Å²) in [6.07, 6.45) is 31.4. The number of rotatable bonds is 21. The van der Waals surface area contributed by atoms with Crippen molar-refractivity contribution in [3.05, 3.63) is 18.2 Å². The van der Waals surface area contributed by atoms with Gasteiger partial charge in [0.1, 0.15) is 12.4 Å². The SMILES string of the molecule is CCCCCCCCCCCCCCCCc1n(C(C)C)cc[n+]1CCCCCC. The molecule has 0 amide bonds. The van der Waals surface area contributed by atoms with Crippen LogP contribution in [0.15, 0.2) is 12.4 Å². The van der Waals surface area contributed by atoms with Crippen molar-refractivity contribution in [3.63, 3.8) is 0 Å². The van der Waals surface area contributed by atoms with Gasteiger partial charge in [-0.15, -0.1) is 0 Å². The maximum absolute atomic E-state index is 2.54. The van der Waals surface area contributed by atoms with Gasteiger partial charge < -0.3 is 0 Å². The molecule has 0 radical (unpaired) electrons. The summed E-state index contributed by atoms with van der Waals surface area (Å²) in [6.45, 7) is 10.4. The monoisotopic (exact) mass is 419 g/mol. The van der Waals surface area contributed by atoms with E-state index in [1.807, 2.05) is 0 Å². The third-order valence-corrected chi connectivity index (χ3v) is 6.60. The predicted octanol–water partition coefficient (Wildman–Crippen LogP) is 8.96. The zero-order valence-electron chi connectivity index (χ0n) is 21.3. The lowest BCUT2D eigenvalue weighted by molar-refractivity contribution is -0.704. The number of aromatic nitrogens is 2. The Kier molecular flexibility index (Phi) is 17.2. The first-order valence-electron chi connectivity index (χ1n) is 13.8. The normalized spacial score (nSPS) is 11.6. The second-order valence-electron chi connectivity index (χ2n) is 9.82. The Balaban J connectivity index is 2.09. The van der Waals surface area contributed by atoms with Gasteiger partial charge in [-0.3, -0.25) is 0 Å². The minimum Gasteiger partial charge on any atom is -0.234 e. The van der Waals surface area contributed by atoms with Crippen molar-refractivity contribution in [2.75, 3.05) is 0 Å². The maximum Gasteiger partial charge on any atom is 0.256 e. The van der Waals surface area contributed by atoms with E-state index >= 15 is 0 Å². The summed E-state index contributed by atoms with van der Waals surface area (Å²) in [4.78, 5) is 0. The Labute approximate surface area is 189 Å². The van der Waals surface area contributed by atoms with Gasteiger partial charge in [-0.1, -0.05) is 110 Å². The largest absolute Gasteiger partial charge is 0.256 e.